The van der Waals surface area contributed by atoms with Gasteiger partial charge in [0.05, 0.1) is 28.9 Å². The molecule has 0 aliphatic carbocycles. The Morgan fingerprint density at radius 1 is 1.06 bits per heavy atom. The van der Waals surface area contributed by atoms with Gasteiger partial charge in [-0.15, -0.1) is 0 Å². The second-order valence-corrected chi connectivity index (χ2v) is 4.50. The minimum Gasteiger partial charge on any atom is -0.396 e. The summed E-state index contributed by atoms with van der Waals surface area (Å²) in [6.07, 6.45) is 3.49. The van der Waals surface area contributed by atoms with Crippen LogP contribution in [0.3, 0.4) is 0 Å². The van der Waals surface area contributed by atoms with Gasteiger partial charge in [-0.3, -0.25) is 4.98 Å². The van der Waals surface area contributed by atoms with Crippen LogP contribution in [0.2, 0.25) is 0 Å². The number of nitrogens with zero attached hydrogens (tertiary/aromatic N) is 3. The summed E-state index contributed by atoms with van der Waals surface area (Å²) in [5, 5.41) is 0. The SMILES string of the molecule is CN1CCN(c2ccncc2N)c2ccccc21. The number of rotatable bonds is 1. The molecule has 0 saturated carbocycles. The molecule has 2 N–H and O–H groups in total. The molecule has 1 aromatic carbocycles. The Balaban J connectivity index is 2.11. The summed E-state index contributed by atoms with van der Waals surface area (Å²) >= 11 is 0. The second-order valence-electron chi connectivity index (χ2n) is 4.50. The number of nitrogens with two attached hydrogens (primary N) is 1. The zero-order chi connectivity index (χ0) is 12.5. The van der Waals surface area contributed by atoms with Gasteiger partial charge in [-0.25, -0.2) is 0 Å². The Morgan fingerprint density at radius 3 is 2.61 bits per heavy atom. The van der Waals surface area contributed by atoms with Crippen LogP contribution < -0.4 is 15.5 Å². The first-order chi connectivity index (χ1) is 8.77. The Kier molecular flexibility index (Phi) is 2.55. The van der Waals surface area contributed by atoms with Crippen molar-refractivity contribution in [1.29, 1.82) is 0 Å². The van der Waals surface area contributed by atoms with Crippen LogP contribution in [0.25, 0.3) is 0 Å². The first-order valence-electron chi connectivity index (χ1n) is 6.04. The van der Waals surface area contributed by atoms with E-state index in [1.165, 1.54) is 11.4 Å². The van der Waals surface area contributed by atoms with Crippen molar-refractivity contribution in [3.05, 3.63) is 42.7 Å². The summed E-state index contributed by atoms with van der Waals surface area (Å²) in [6, 6.07) is 10.4. The van der Waals surface area contributed by atoms with Crippen LogP contribution in [-0.2, 0) is 0 Å². The molecule has 0 bridgehead atoms. The lowest BCUT2D eigenvalue weighted by atomic mass is 10.1. The molecule has 4 nitrogen and oxygen atoms in total. The molecule has 3 rings (SSSR count). The summed E-state index contributed by atoms with van der Waals surface area (Å²) in [4.78, 5) is 8.57. The molecule has 0 unspecified atom stereocenters. The van der Waals surface area contributed by atoms with E-state index >= 15 is 0 Å². The Hall–Kier alpha value is -2.23. The molecule has 18 heavy (non-hydrogen) atoms. The topological polar surface area (TPSA) is 45.4 Å². The smallest absolute Gasteiger partial charge is 0.0741 e. The molecule has 2 aromatic rings. The number of hydrogen-bond donors (Lipinski definition) is 1. The fraction of sp³-hybridized carbons (Fsp3) is 0.214. The zero-order valence-electron chi connectivity index (χ0n) is 10.4. The minimum atomic E-state index is 0.719. The van der Waals surface area contributed by atoms with E-state index in [4.69, 9.17) is 5.73 Å². The molecule has 0 saturated heterocycles. The normalized spacial score (nSPS) is 14.5. The van der Waals surface area contributed by atoms with Crippen LogP contribution in [0.4, 0.5) is 22.7 Å². The standard InChI is InChI=1S/C14H16N4/c1-17-8-9-18(12-6-7-16-10-11(12)15)14-5-3-2-4-13(14)17/h2-7,10H,8-9,15H2,1H3. The Morgan fingerprint density at radius 2 is 1.83 bits per heavy atom. The molecular formula is C14H16N4. The average Bonchev–Trinajstić information content (AvgIpc) is 2.41. The van der Waals surface area contributed by atoms with Gasteiger partial charge in [0.15, 0.2) is 0 Å². The van der Waals surface area contributed by atoms with Crippen LogP contribution in [0.15, 0.2) is 42.7 Å². The molecular weight excluding hydrogens is 224 g/mol. The van der Waals surface area contributed by atoms with Gasteiger partial charge in [-0.05, 0) is 18.2 Å². The molecule has 1 aliphatic heterocycles. The summed E-state index contributed by atoms with van der Waals surface area (Å²) in [6.45, 7) is 1.92. The highest BCUT2D eigenvalue weighted by Gasteiger charge is 2.21. The van der Waals surface area contributed by atoms with E-state index in [9.17, 15) is 0 Å². The van der Waals surface area contributed by atoms with Crippen molar-refractivity contribution in [2.24, 2.45) is 0 Å². The van der Waals surface area contributed by atoms with Crippen molar-refractivity contribution < 1.29 is 0 Å². The highest BCUT2D eigenvalue weighted by Crippen LogP contribution is 2.38. The van der Waals surface area contributed by atoms with Crippen molar-refractivity contribution in [3.63, 3.8) is 0 Å². The predicted molar refractivity (Wildman–Crippen MR) is 75.4 cm³/mol. The molecule has 0 spiro atoms. The molecule has 0 radical (unpaired) electrons. The summed E-state index contributed by atoms with van der Waals surface area (Å²) in [5.41, 5.74) is 10.2. The van der Waals surface area contributed by atoms with E-state index in [0.717, 1.165) is 24.5 Å². The maximum atomic E-state index is 6.03. The largest absolute Gasteiger partial charge is 0.396 e. The van der Waals surface area contributed by atoms with Crippen molar-refractivity contribution in [2.75, 3.05) is 35.7 Å². The first kappa shape index (κ1) is 10.9. The van der Waals surface area contributed by atoms with E-state index in [2.05, 4.69) is 46.1 Å². The number of pyridine rings is 1. The molecule has 2 heterocycles. The fourth-order valence-corrected chi connectivity index (χ4v) is 2.40. The van der Waals surface area contributed by atoms with E-state index < -0.39 is 0 Å². The molecule has 1 aliphatic rings. The van der Waals surface area contributed by atoms with Crippen molar-refractivity contribution >= 4 is 22.7 Å². The second kappa shape index (κ2) is 4.22. The van der Waals surface area contributed by atoms with Gasteiger partial charge in [0, 0.05) is 26.3 Å². The fourth-order valence-electron chi connectivity index (χ4n) is 2.40. The molecule has 1 aromatic heterocycles. The van der Waals surface area contributed by atoms with Crippen LogP contribution in [-0.4, -0.2) is 25.1 Å². The summed E-state index contributed by atoms with van der Waals surface area (Å²) < 4.78 is 0. The van der Waals surface area contributed by atoms with Gasteiger partial charge in [-0.1, -0.05) is 12.1 Å². The third-order valence-corrected chi connectivity index (χ3v) is 3.36. The highest BCUT2D eigenvalue weighted by molar-refractivity contribution is 5.83. The van der Waals surface area contributed by atoms with Crippen LogP contribution >= 0.6 is 0 Å². The van der Waals surface area contributed by atoms with Gasteiger partial charge in [-0.2, -0.15) is 0 Å². The predicted octanol–water partition coefficient (Wildman–Crippen LogP) is 2.25. The summed E-state index contributed by atoms with van der Waals surface area (Å²) in [5.74, 6) is 0. The van der Waals surface area contributed by atoms with Gasteiger partial charge >= 0.3 is 0 Å². The lowest BCUT2D eigenvalue weighted by Crippen LogP contribution is -2.36. The summed E-state index contributed by atoms with van der Waals surface area (Å²) in [7, 11) is 2.12. The number of anilines is 4. The third kappa shape index (κ3) is 1.66. The maximum Gasteiger partial charge on any atom is 0.0741 e. The number of benzene rings is 1. The minimum absolute atomic E-state index is 0.719. The molecule has 92 valence electrons. The van der Waals surface area contributed by atoms with Crippen molar-refractivity contribution in [3.8, 4) is 0 Å². The van der Waals surface area contributed by atoms with Gasteiger partial charge < -0.3 is 15.5 Å². The number of para-hydroxylation sites is 2. The quantitative estimate of drug-likeness (QED) is 0.830. The van der Waals surface area contributed by atoms with Gasteiger partial charge in [0.25, 0.3) is 0 Å². The number of hydrogen-bond acceptors (Lipinski definition) is 4. The molecule has 4 heteroatoms. The Bertz CT molecular complexity index is 567. The lowest BCUT2D eigenvalue weighted by Gasteiger charge is -2.37. The molecule has 0 atom stereocenters. The van der Waals surface area contributed by atoms with Crippen molar-refractivity contribution in [1.82, 2.24) is 4.98 Å². The van der Waals surface area contributed by atoms with E-state index in [0.29, 0.717) is 0 Å². The monoisotopic (exact) mass is 240 g/mol. The van der Waals surface area contributed by atoms with E-state index in [1.807, 2.05) is 6.07 Å². The van der Waals surface area contributed by atoms with Crippen molar-refractivity contribution in [2.45, 2.75) is 0 Å². The van der Waals surface area contributed by atoms with E-state index in [1.54, 1.807) is 12.4 Å². The first-order valence-corrected chi connectivity index (χ1v) is 6.04. The van der Waals surface area contributed by atoms with Gasteiger partial charge in [0.2, 0.25) is 0 Å². The zero-order valence-corrected chi connectivity index (χ0v) is 10.4. The van der Waals surface area contributed by atoms with Gasteiger partial charge in [0.1, 0.15) is 0 Å². The number of fused-ring (bicyclic) bond motifs is 1. The number of likely N-dealkylation sites (N-methyl/N-ethyl adjacent to an activating group) is 1. The van der Waals surface area contributed by atoms with Crippen LogP contribution in [0.5, 0.6) is 0 Å². The third-order valence-electron chi connectivity index (χ3n) is 3.36. The highest BCUT2D eigenvalue weighted by atomic mass is 15.3. The average molecular weight is 240 g/mol. The molecule has 0 fully saturated rings. The number of aromatic nitrogens is 1. The number of nitrogen functional groups attached to an aromatic ring is 1. The van der Waals surface area contributed by atoms with Crippen LogP contribution in [0, 0.1) is 0 Å². The van der Waals surface area contributed by atoms with E-state index in [-0.39, 0.29) is 0 Å². The maximum absolute atomic E-state index is 6.03. The Labute approximate surface area is 107 Å². The van der Waals surface area contributed by atoms with Crippen LogP contribution in [0.1, 0.15) is 0 Å². The lowest BCUT2D eigenvalue weighted by molar-refractivity contribution is 0.822. The molecule has 0 amide bonds.